The minimum absolute atomic E-state index is 0.721. The normalized spacial score (nSPS) is 26.7. The lowest BCUT2D eigenvalue weighted by Gasteiger charge is -2.28. The van der Waals surface area contributed by atoms with E-state index in [2.05, 4.69) is 30.4 Å². The Morgan fingerprint density at radius 1 is 1.39 bits per heavy atom. The minimum atomic E-state index is 0.721. The van der Waals surface area contributed by atoms with Gasteiger partial charge in [-0.25, -0.2) is 0 Å². The number of rotatable bonds is 3. The van der Waals surface area contributed by atoms with E-state index < -0.39 is 0 Å². The maximum atomic E-state index is 5.55. The van der Waals surface area contributed by atoms with Crippen molar-refractivity contribution in [2.24, 2.45) is 5.92 Å². The molecule has 2 atom stereocenters. The number of benzene rings is 1. The molecule has 1 N–H and O–H groups in total. The van der Waals surface area contributed by atoms with Gasteiger partial charge in [0, 0.05) is 12.5 Å². The molecule has 2 aliphatic rings. The fourth-order valence-electron chi connectivity index (χ4n) is 3.18. The summed E-state index contributed by atoms with van der Waals surface area (Å²) in [4.78, 5) is 0. The van der Waals surface area contributed by atoms with Gasteiger partial charge in [-0.3, -0.25) is 0 Å². The molecule has 18 heavy (non-hydrogen) atoms. The maximum absolute atomic E-state index is 5.55. The summed E-state index contributed by atoms with van der Waals surface area (Å²) < 4.78 is 5.55. The Hall–Kier alpha value is -1.02. The van der Waals surface area contributed by atoms with Crippen molar-refractivity contribution in [1.29, 1.82) is 0 Å². The lowest BCUT2D eigenvalue weighted by atomic mass is 9.90. The molecule has 2 unspecified atom stereocenters. The Bertz CT molecular complexity index is 416. The highest BCUT2D eigenvalue weighted by atomic mass is 16.5. The van der Waals surface area contributed by atoms with Crippen LogP contribution < -0.4 is 10.1 Å². The average Bonchev–Trinajstić information content (AvgIpc) is 2.84. The van der Waals surface area contributed by atoms with Gasteiger partial charge in [0.25, 0.3) is 0 Å². The zero-order valence-corrected chi connectivity index (χ0v) is 11.2. The quantitative estimate of drug-likeness (QED) is 0.884. The van der Waals surface area contributed by atoms with Gasteiger partial charge in [0.15, 0.2) is 0 Å². The van der Waals surface area contributed by atoms with E-state index in [1.165, 1.54) is 43.4 Å². The molecule has 2 heteroatoms. The molecule has 2 heterocycles. The molecule has 0 bridgehead atoms. The first-order valence-electron chi connectivity index (χ1n) is 7.29. The number of nitrogens with one attached hydrogen (secondary N) is 1. The molecule has 1 fully saturated rings. The van der Waals surface area contributed by atoms with Crippen molar-refractivity contribution in [3.05, 3.63) is 29.3 Å². The second-order valence-corrected chi connectivity index (χ2v) is 5.86. The number of hydrogen-bond acceptors (Lipinski definition) is 2. The van der Waals surface area contributed by atoms with Crippen LogP contribution in [0.5, 0.6) is 5.75 Å². The Labute approximate surface area is 110 Å². The molecule has 0 radical (unpaired) electrons. The Morgan fingerprint density at radius 2 is 2.33 bits per heavy atom. The Balaban J connectivity index is 1.56. The summed E-state index contributed by atoms with van der Waals surface area (Å²) in [6.07, 6.45) is 6.23. The van der Waals surface area contributed by atoms with Crippen LogP contribution in [0.4, 0.5) is 0 Å². The van der Waals surface area contributed by atoms with Crippen molar-refractivity contribution in [2.45, 2.75) is 45.1 Å². The van der Waals surface area contributed by atoms with Crippen LogP contribution in [0, 0.1) is 5.92 Å². The molecule has 0 spiro atoms. The highest BCUT2D eigenvalue weighted by Crippen LogP contribution is 2.27. The van der Waals surface area contributed by atoms with Gasteiger partial charge < -0.3 is 10.1 Å². The van der Waals surface area contributed by atoms with E-state index in [9.17, 15) is 0 Å². The molecule has 0 saturated carbocycles. The third-order valence-corrected chi connectivity index (χ3v) is 4.29. The summed E-state index contributed by atoms with van der Waals surface area (Å²) >= 11 is 0. The Morgan fingerprint density at radius 3 is 3.22 bits per heavy atom. The van der Waals surface area contributed by atoms with E-state index in [1.807, 2.05) is 0 Å². The van der Waals surface area contributed by atoms with Crippen LogP contribution >= 0.6 is 0 Å². The third-order valence-electron chi connectivity index (χ3n) is 4.29. The SMILES string of the molecule is CC1CCNC(CCc2ccc3c(c2)CCO3)C1. The molecular formula is C16H23NO. The van der Waals surface area contributed by atoms with E-state index in [4.69, 9.17) is 4.74 Å². The fourth-order valence-corrected chi connectivity index (χ4v) is 3.18. The molecule has 3 rings (SSSR count). The highest BCUT2D eigenvalue weighted by molar-refractivity contribution is 5.39. The number of ether oxygens (including phenoxy) is 1. The van der Waals surface area contributed by atoms with Crippen LogP contribution in [-0.4, -0.2) is 19.2 Å². The van der Waals surface area contributed by atoms with E-state index in [1.54, 1.807) is 0 Å². The van der Waals surface area contributed by atoms with E-state index >= 15 is 0 Å². The molecule has 1 aromatic rings. The van der Waals surface area contributed by atoms with Crippen LogP contribution in [-0.2, 0) is 12.8 Å². The lowest BCUT2D eigenvalue weighted by Crippen LogP contribution is -2.37. The number of fused-ring (bicyclic) bond motifs is 1. The van der Waals surface area contributed by atoms with E-state index in [0.29, 0.717) is 0 Å². The van der Waals surface area contributed by atoms with E-state index in [0.717, 1.165) is 30.7 Å². The molecule has 0 amide bonds. The van der Waals surface area contributed by atoms with Gasteiger partial charge in [0.05, 0.1) is 6.61 Å². The van der Waals surface area contributed by atoms with Crippen molar-refractivity contribution in [3.8, 4) is 5.75 Å². The van der Waals surface area contributed by atoms with Crippen LogP contribution in [0.1, 0.15) is 37.3 Å². The second kappa shape index (κ2) is 5.31. The molecule has 0 aromatic heterocycles. The second-order valence-electron chi connectivity index (χ2n) is 5.86. The number of aryl methyl sites for hydroxylation is 1. The van der Waals surface area contributed by atoms with Crippen molar-refractivity contribution >= 4 is 0 Å². The fraction of sp³-hybridized carbons (Fsp3) is 0.625. The van der Waals surface area contributed by atoms with Crippen molar-refractivity contribution in [2.75, 3.05) is 13.2 Å². The largest absolute Gasteiger partial charge is 0.493 e. The minimum Gasteiger partial charge on any atom is -0.493 e. The third kappa shape index (κ3) is 2.69. The van der Waals surface area contributed by atoms with Crippen LogP contribution in [0.15, 0.2) is 18.2 Å². The van der Waals surface area contributed by atoms with Crippen molar-refractivity contribution in [3.63, 3.8) is 0 Å². The standard InChI is InChI=1S/C16H23NO/c1-12-6-8-17-15(10-12)4-2-13-3-5-16-14(11-13)7-9-18-16/h3,5,11-12,15,17H,2,4,6-10H2,1H3. The summed E-state index contributed by atoms with van der Waals surface area (Å²) in [5.41, 5.74) is 2.87. The van der Waals surface area contributed by atoms with Gasteiger partial charge in [-0.2, -0.15) is 0 Å². The van der Waals surface area contributed by atoms with Gasteiger partial charge in [0.2, 0.25) is 0 Å². The average molecular weight is 245 g/mol. The van der Waals surface area contributed by atoms with Gasteiger partial charge in [0.1, 0.15) is 5.75 Å². The predicted molar refractivity (Wildman–Crippen MR) is 74.2 cm³/mol. The first-order chi connectivity index (χ1) is 8.81. The molecule has 98 valence electrons. The van der Waals surface area contributed by atoms with E-state index in [-0.39, 0.29) is 0 Å². The van der Waals surface area contributed by atoms with Gasteiger partial charge in [-0.1, -0.05) is 19.1 Å². The lowest BCUT2D eigenvalue weighted by molar-refractivity contribution is 0.308. The molecule has 2 nitrogen and oxygen atoms in total. The van der Waals surface area contributed by atoms with Crippen molar-refractivity contribution < 1.29 is 4.74 Å². The number of piperidine rings is 1. The van der Waals surface area contributed by atoms with Crippen LogP contribution in [0.3, 0.4) is 0 Å². The topological polar surface area (TPSA) is 21.3 Å². The molecule has 0 aliphatic carbocycles. The monoisotopic (exact) mass is 245 g/mol. The van der Waals surface area contributed by atoms with Crippen molar-refractivity contribution in [1.82, 2.24) is 5.32 Å². The molecule has 2 aliphatic heterocycles. The summed E-state index contributed by atoms with van der Waals surface area (Å²) in [5.74, 6) is 1.99. The highest BCUT2D eigenvalue weighted by Gasteiger charge is 2.18. The van der Waals surface area contributed by atoms with Crippen LogP contribution in [0.25, 0.3) is 0 Å². The van der Waals surface area contributed by atoms with Gasteiger partial charge in [-0.05, 0) is 55.3 Å². The molecule has 1 saturated heterocycles. The number of hydrogen-bond donors (Lipinski definition) is 1. The zero-order valence-electron chi connectivity index (χ0n) is 11.2. The van der Waals surface area contributed by atoms with Gasteiger partial charge in [-0.15, -0.1) is 0 Å². The van der Waals surface area contributed by atoms with Gasteiger partial charge >= 0.3 is 0 Å². The van der Waals surface area contributed by atoms with Crippen LogP contribution in [0.2, 0.25) is 0 Å². The zero-order chi connectivity index (χ0) is 12.4. The predicted octanol–water partition coefficient (Wildman–Crippen LogP) is 2.94. The summed E-state index contributed by atoms with van der Waals surface area (Å²) in [5, 5.41) is 3.65. The maximum Gasteiger partial charge on any atom is 0.122 e. The summed E-state index contributed by atoms with van der Waals surface area (Å²) in [6.45, 7) is 4.44. The molecular weight excluding hydrogens is 222 g/mol. The first-order valence-corrected chi connectivity index (χ1v) is 7.29. The smallest absolute Gasteiger partial charge is 0.122 e. The Kier molecular flexibility index (Phi) is 3.55. The molecule has 1 aromatic carbocycles. The first kappa shape index (κ1) is 12.0. The summed E-state index contributed by atoms with van der Waals surface area (Å²) in [7, 11) is 0. The summed E-state index contributed by atoms with van der Waals surface area (Å²) in [6, 6.07) is 7.44.